The average molecular weight is 481 g/mol. The molecule has 1 aliphatic carbocycles. The van der Waals surface area contributed by atoms with Crippen LogP contribution >= 0.6 is 0 Å². The van der Waals surface area contributed by atoms with E-state index in [0.717, 1.165) is 33.9 Å². The molecule has 2 amide bonds. The average Bonchev–Trinajstić information content (AvgIpc) is 3.32. The van der Waals surface area contributed by atoms with Crippen molar-refractivity contribution in [2.24, 2.45) is 0 Å². The van der Waals surface area contributed by atoms with Gasteiger partial charge in [0.1, 0.15) is 5.82 Å². The number of hydrogen-bond acceptors (Lipinski definition) is 8. The van der Waals surface area contributed by atoms with E-state index in [-0.39, 0.29) is 4.90 Å². The smallest absolute Gasteiger partial charge is 0.244 e. The van der Waals surface area contributed by atoms with Crippen LogP contribution in [0.1, 0.15) is 25.7 Å². The van der Waals surface area contributed by atoms with Crippen molar-refractivity contribution in [3.05, 3.63) is 48.5 Å². The summed E-state index contributed by atoms with van der Waals surface area (Å²) in [6, 6.07) is 14.2. The number of nitrogens with one attached hydrogen (secondary N) is 3. The van der Waals surface area contributed by atoms with E-state index in [4.69, 9.17) is 0 Å². The first-order valence-corrected chi connectivity index (χ1v) is 12.6. The van der Waals surface area contributed by atoms with Gasteiger partial charge in [-0.2, -0.15) is 9.29 Å². The van der Waals surface area contributed by atoms with Gasteiger partial charge in [0.05, 0.1) is 23.5 Å². The van der Waals surface area contributed by atoms with Crippen molar-refractivity contribution < 1.29 is 18.0 Å². The molecule has 0 spiro atoms. The molecule has 3 N–H and O–H groups in total. The van der Waals surface area contributed by atoms with Gasteiger partial charge in [0.15, 0.2) is 0 Å². The second-order valence-corrected chi connectivity index (χ2v) is 10.4. The fourth-order valence-electron chi connectivity index (χ4n) is 4.28. The molecule has 1 aromatic heterocycles. The van der Waals surface area contributed by atoms with E-state index in [0.29, 0.717) is 17.7 Å². The van der Waals surface area contributed by atoms with Crippen LogP contribution in [0.15, 0.2) is 53.4 Å². The van der Waals surface area contributed by atoms with E-state index >= 15 is 0 Å². The minimum atomic E-state index is -3.98. The Morgan fingerprint density at radius 2 is 1.59 bits per heavy atom. The summed E-state index contributed by atoms with van der Waals surface area (Å²) < 4.78 is 26.6. The summed E-state index contributed by atoms with van der Waals surface area (Å²) in [5.41, 5.74) is 1.40. The third-order valence-corrected chi connectivity index (χ3v) is 7.77. The standard InChI is InChI=1S/C23H24N6O4S/c30-20-13-29(14-21(31)27-20)34(32,33)17-11-9-16(10-12-17)25-23-26-19-8-4-3-7-18(19)22(28-23)24-15-5-1-2-6-15/h3-4,7-12,15H,1-2,5-6,13-14H2,(H,27,30,31)(H2,24,25,26,28). The lowest BCUT2D eigenvalue weighted by atomic mass is 10.2. The maximum absolute atomic E-state index is 12.8. The predicted octanol–water partition coefficient (Wildman–Crippen LogP) is 2.37. The van der Waals surface area contributed by atoms with Gasteiger partial charge in [-0.3, -0.25) is 14.9 Å². The molecule has 0 radical (unpaired) electrons. The van der Waals surface area contributed by atoms with E-state index in [2.05, 4.69) is 25.9 Å². The van der Waals surface area contributed by atoms with Crippen LogP contribution in [-0.4, -0.2) is 53.6 Å². The lowest BCUT2D eigenvalue weighted by Crippen LogP contribution is -2.53. The SMILES string of the molecule is O=C1CN(S(=O)(=O)c2ccc(Nc3nc(NC4CCCC4)c4ccccc4n3)cc2)CC(=O)N1. The van der Waals surface area contributed by atoms with Crippen LogP contribution in [0.25, 0.3) is 10.9 Å². The lowest BCUT2D eigenvalue weighted by Gasteiger charge is -2.24. The Hall–Kier alpha value is -3.57. The molecule has 1 aliphatic heterocycles. The van der Waals surface area contributed by atoms with Crippen molar-refractivity contribution in [3.8, 4) is 0 Å². The van der Waals surface area contributed by atoms with Crippen LogP contribution in [0.2, 0.25) is 0 Å². The molecule has 1 saturated heterocycles. The molecule has 3 aromatic rings. The molecule has 176 valence electrons. The summed E-state index contributed by atoms with van der Waals surface area (Å²) in [6.07, 6.45) is 4.64. The highest BCUT2D eigenvalue weighted by atomic mass is 32.2. The van der Waals surface area contributed by atoms with E-state index < -0.39 is 34.9 Å². The fraction of sp³-hybridized carbons (Fsp3) is 0.304. The van der Waals surface area contributed by atoms with Crippen LogP contribution in [-0.2, 0) is 19.6 Å². The Kier molecular flexibility index (Phi) is 5.88. The largest absolute Gasteiger partial charge is 0.367 e. The number of amides is 2. The van der Waals surface area contributed by atoms with E-state index in [1.54, 1.807) is 12.1 Å². The summed E-state index contributed by atoms with van der Waals surface area (Å²) in [7, 11) is -3.98. The number of sulfonamides is 1. The first kappa shape index (κ1) is 22.2. The van der Waals surface area contributed by atoms with Gasteiger partial charge in [-0.15, -0.1) is 0 Å². The zero-order valence-corrected chi connectivity index (χ0v) is 19.1. The quantitative estimate of drug-likeness (QED) is 0.458. The predicted molar refractivity (Wildman–Crippen MR) is 127 cm³/mol. The minimum Gasteiger partial charge on any atom is -0.367 e. The molecule has 34 heavy (non-hydrogen) atoms. The second-order valence-electron chi connectivity index (χ2n) is 8.43. The molecule has 0 atom stereocenters. The van der Waals surface area contributed by atoms with Crippen LogP contribution in [0.4, 0.5) is 17.5 Å². The van der Waals surface area contributed by atoms with Gasteiger partial charge in [-0.1, -0.05) is 25.0 Å². The zero-order valence-electron chi connectivity index (χ0n) is 18.3. The number of carbonyl (C=O) groups is 2. The number of hydrogen-bond donors (Lipinski definition) is 3. The third kappa shape index (κ3) is 4.57. The molecule has 2 heterocycles. The summed E-state index contributed by atoms with van der Waals surface area (Å²) >= 11 is 0. The molecule has 2 aromatic carbocycles. The molecular formula is C23H24N6O4S. The second kappa shape index (κ2) is 8.99. The first-order valence-electron chi connectivity index (χ1n) is 11.1. The summed E-state index contributed by atoms with van der Waals surface area (Å²) in [5, 5.41) is 9.73. The van der Waals surface area contributed by atoms with Crippen molar-refractivity contribution in [2.45, 2.75) is 36.6 Å². The Morgan fingerprint density at radius 3 is 2.29 bits per heavy atom. The Labute approximate surface area is 196 Å². The molecular weight excluding hydrogens is 456 g/mol. The first-order chi connectivity index (χ1) is 16.4. The minimum absolute atomic E-state index is 0.0106. The number of para-hydroxylation sites is 1. The molecule has 2 aliphatic rings. The van der Waals surface area contributed by atoms with Gasteiger partial charge >= 0.3 is 0 Å². The number of aromatic nitrogens is 2. The summed E-state index contributed by atoms with van der Waals surface area (Å²) in [4.78, 5) is 32.4. The van der Waals surface area contributed by atoms with Crippen LogP contribution in [0, 0.1) is 0 Å². The molecule has 11 heteroatoms. The van der Waals surface area contributed by atoms with Gasteiger partial charge < -0.3 is 10.6 Å². The topological polar surface area (TPSA) is 133 Å². The number of rotatable bonds is 6. The van der Waals surface area contributed by atoms with Crippen LogP contribution in [0.5, 0.6) is 0 Å². The zero-order chi connectivity index (χ0) is 23.7. The monoisotopic (exact) mass is 480 g/mol. The van der Waals surface area contributed by atoms with E-state index in [1.807, 2.05) is 24.3 Å². The van der Waals surface area contributed by atoms with Gasteiger partial charge in [-0.25, -0.2) is 13.4 Å². The van der Waals surface area contributed by atoms with Gasteiger partial charge in [0, 0.05) is 17.1 Å². The number of piperazine rings is 1. The van der Waals surface area contributed by atoms with Crippen molar-refractivity contribution >= 4 is 50.2 Å². The molecule has 10 nitrogen and oxygen atoms in total. The molecule has 5 rings (SSSR count). The Bertz CT molecular complexity index is 1340. The highest BCUT2D eigenvalue weighted by Gasteiger charge is 2.32. The normalized spacial score (nSPS) is 17.6. The van der Waals surface area contributed by atoms with Gasteiger partial charge in [0.25, 0.3) is 0 Å². The van der Waals surface area contributed by atoms with Gasteiger partial charge in [-0.05, 0) is 49.2 Å². The number of benzene rings is 2. The Balaban J connectivity index is 1.38. The number of anilines is 3. The van der Waals surface area contributed by atoms with Crippen molar-refractivity contribution in [2.75, 3.05) is 23.7 Å². The number of nitrogens with zero attached hydrogens (tertiary/aromatic N) is 3. The molecule has 0 bridgehead atoms. The number of carbonyl (C=O) groups excluding carboxylic acids is 2. The van der Waals surface area contributed by atoms with E-state index in [9.17, 15) is 18.0 Å². The van der Waals surface area contributed by atoms with Crippen molar-refractivity contribution in [3.63, 3.8) is 0 Å². The lowest BCUT2D eigenvalue weighted by molar-refractivity contribution is -0.134. The van der Waals surface area contributed by atoms with Crippen molar-refractivity contribution in [1.82, 2.24) is 19.6 Å². The fourth-order valence-corrected chi connectivity index (χ4v) is 5.63. The maximum atomic E-state index is 12.8. The summed E-state index contributed by atoms with van der Waals surface area (Å²) in [5.74, 6) is -0.123. The van der Waals surface area contributed by atoms with E-state index in [1.165, 1.54) is 25.0 Å². The molecule has 0 unspecified atom stereocenters. The highest BCUT2D eigenvalue weighted by molar-refractivity contribution is 7.89. The highest BCUT2D eigenvalue weighted by Crippen LogP contribution is 2.28. The molecule has 2 fully saturated rings. The number of imide groups is 1. The van der Waals surface area contributed by atoms with Crippen LogP contribution in [0.3, 0.4) is 0 Å². The maximum Gasteiger partial charge on any atom is 0.244 e. The van der Waals surface area contributed by atoms with Crippen molar-refractivity contribution in [1.29, 1.82) is 0 Å². The summed E-state index contributed by atoms with van der Waals surface area (Å²) in [6.45, 7) is -0.786. The third-order valence-electron chi connectivity index (χ3n) is 5.97. The number of fused-ring (bicyclic) bond motifs is 1. The Morgan fingerprint density at radius 1 is 0.912 bits per heavy atom. The van der Waals surface area contributed by atoms with Gasteiger partial charge in [0.2, 0.25) is 27.8 Å². The van der Waals surface area contributed by atoms with Crippen LogP contribution < -0.4 is 16.0 Å². The molecule has 1 saturated carbocycles.